The van der Waals surface area contributed by atoms with Crippen molar-refractivity contribution in [1.82, 2.24) is 24.0 Å². The first kappa shape index (κ1) is 16.7. The van der Waals surface area contributed by atoms with E-state index in [0.717, 1.165) is 31.5 Å². The molecule has 1 saturated carbocycles. The van der Waals surface area contributed by atoms with Crippen LogP contribution in [-0.4, -0.2) is 45.5 Å². The predicted octanol–water partition coefficient (Wildman–Crippen LogP) is 1.63. The zero-order valence-electron chi connectivity index (χ0n) is 14.6. The lowest BCUT2D eigenvalue weighted by Gasteiger charge is -2.30. The second-order valence-electron chi connectivity index (χ2n) is 7.13. The van der Waals surface area contributed by atoms with Crippen LogP contribution in [0.15, 0.2) is 15.7 Å². The van der Waals surface area contributed by atoms with E-state index in [4.69, 9.17) is 4.52 Å². The summed E-state index contributed by atoms with van der Waals surface area (Å²) in [7, 11) is -1.75. The van der Waals surface area contributed by atoms with Crippen LogP contribution in [0.2, 0.25) is 0 Å². The molecule has 0 unspecified atom stereocenters. The van der Waals surface area contributed by atoms with Crippen LogP contribution in [0.25, 0.3) is 0 Å². The number of aryl methyl sites for hydroxylation is 2. The van der Waals surface area contributed by atoms with Gasteiger partial charge >= 0.3 is 0 Å². The van der Waals surface area contributed by atoms with Gasteiger partial charge in [-0.25, -0.2) is 13.4 Å². The Morgan fingerprint density at radius 1 is 1.28 bits per heavy atom. The van der Waals surface area contributed by atoms with E-state index in [0.29, 0.717) is 37.1 Å². The second kappa shape index (κ2) is 6.21. The summed E-state index contributed by atoms with van der Waals surface area (Å²) in [6.07, 6.45) is 6.28. The summed E-state index contributed by atoms with van der Waals surface area (Å²) in [6.45, 7) is 2.80. The third-order valence-corrected chi connectivity index (χ3v) is 6.80. The summed E-state index contributed by atoms with van der Waals surface area (Å²) in [5, 5.41) is 4.17. The first-order valence-electron chi connectivity index (χ1n) is 8.76. The van der Waals surface area contributed by atoms with Gasteiger partial charge in [-0.1, -0.05) is 5.16 Å². The fourth-order valence-corrected chi connectivity index (χ4v) is 4.88. The van der Waals surface area contributed by atoms with Crippen molar-refractivity contribution < 1.29 is 12.9 Å². The fourth-order valence-electron chi connectivity index (χ4n) is 3.30. The minimum absolute atomic E-state index is 0.127. The number of piperidine rings is 1. The van der Waals surface area contributed by atoms with Crippen molar-refractivity contribution in [3.8, 4) is 0 Å². The van der Waals surface area contributed by atoms with Gasteiger partial charge in [-0.2, -0.15) is 9.29 Å². The van der Waals surface area contributed by atoms with Crippen LogP contribution < -0.4 is 0 Å². The van der Waals surface area contributed by atoms with Crippen molar-refractivity contribution in [2.75, 3.05) is 13.1 Å². The molecule has 1 atom stereocenters. The lowest BCUT2D eigenvalue weighted by Crippen LogP contribution is -2.40. The molecule has 0 bridgehead atoms. The molecule has 2 aliphatic rings. The summed E-state index contributed by atoms with van der Waals surface area (Å²) in [4.78, 5) is 8.65. The van der Waals surface area contributed by atoms with Gasteiger partial charge in [0.05, 0.1) is 0 Å². The van der Waals surface area contributed by atoms with Gasteiger partial charge in [0.25, 0.3) is 10.0 Å². The number of hydrogen-bond acceptors (Lipinski definition) is 6. The topological polar surface area (TPSA) is 94.1 Å². The molecule has 136 valence electrons. The summed E-state index contributed by atoms with van der Waals surface area (Å²) in [5.74, 6) is 2.78. The fraction of sp³-hybridized carbons (Fsp3) is 0.688. The minimum Gasteiger partial charge on any atom is -0.339 e. The van der Waals surface area contributed by atoms with E-state index in [-0.39, 0.29) is 10.9 Å². The average Bonchev–Trinajstić information content (AvgIpc) is 3.24. The zero-order chi connectivity index (χ0) is 17.6. The maximum Gasteiger partial charge on any atom is 0.262 e. The van der Waals surface area contributed by atoms with E-state index in [1.807, 2.05) is 0 Å². The number of rotatable bonds is 5. The Bertz CT molecular complexity index is 849. The van der Waals surface area contributed by atoms with Crippen LogP contribution in [0.5, 0.6) is 0 Å². The van der Waals surface area contributed by atoms with E-state index < -0.39 is 10.0 Å². The van der Waals surface area contributed by atoms with E-state index in [2.05, 4.69) is 15.1 Å². The normalized spacial score (nSPS) is 22.4. The number of hydrogen-bond donors (Lipinski definition) is 0. The molecule has 1 aliphatic heterocycles. The van der Waals surface area contributed by atoms with E-state index in [1.165, 1.54) is 0 Å². The third kappa shape index (κ3) is 3.35. The molecule has 0 radical (unpaired) electrons. The highest BCUT2D eigenvalue weighted by molar-refractivity contribution is 7.89. The molecule has 2 aromatic rings. The quantitative estimate of drug-likeness (QED) is 0.799. The summed E-state index contributed by atoms with van der Waals surface area (Å²) in [5.41, 5.74) is 0. The first-order chi connectivity index (χ1) is 11.9. The molecule has 3 heterocycles. The predicted molar refractivity (Wildman–Crippen MR) is 89.4 cm³/mol. The number of aromatic nitrogens is 4. The van der Waals surface area contributed by atoms with Crippen molar-refractivity contribution in [3.05, 3.63) is 23.7 Å². The molecule has 2 aromatic heterocycles. The molecule has 0 N–H and O–H groups in total. The third-order valence-electron chi connectivity index (χ3n) is 5.06. The maximum atomic E-state index is 12.9. The monoisotopic (exact) mass is 365 g/mol. The number of sulfonamides is 1. The molecule has 1 saturated heterocycles. The molecule has 1 aliphatic carbocycles. The lowest BCUT2D eigenvalue weighted by atomic mass is 9.96. The van der Waals surface area contributed by atoms with Crippen molar-refractivity contribution in [2.24, 2.45) is 13.0 Å². The van der Waals surface area contributed by atoms with Crippen LogP contribution in [0.1, 0.15) is 49.1 Å². The molecule has 0 amide bonds. The highest BCUT2D eigenvalue weighted by atomic mass is 32.2. The molecule has 25 heavy (non-hydrogen) atoms. The Balaban J connectivity index is 1.46. The zero-order valence-corrected chi connectivity index (χ0v) is 15.4. The van der Waals surface area contributed by atoms with Crippen LogP contribution in [-0.2, 0) is 23.5 Å². The molecule has 9 heteroatoms. The van der Waals surface area contributed by atoms with Crippen LogP contribution in [0.3, 0.4) is 0 Å². The Hall–Kier alpha value is -1.74. The van der Waals surface area contributed by atoms with Gasteiger partial charge in [0.2, 0.25) is 5.89 Å². The highest BCUT2D eigenvalue weighted by Gasteiger charge is 2.33. The van der Waals surface area contributed by atoms with E-state index in [9.17, 15) is 8.42 Å². The Kier molecular flexibility index (Phi) is 4.15. The van der Waals surface area contributed by atoms with Gasteiger partial charge in [-0.15, -0.1) is 0 Å². The Morgan fingerprint density at radius 2 is 2.08 bits per heavy atom. The summed E-state index contributed by atoms with van der Waals surface area (Å²) < 4.78 is 34.3. The molecule has 4 rings (SSSR count). The van der Waals surface area contributed by atoms with E-state index in [1.54, 1.807) is 29.0 Å². The van der Waals surface area contributed by atoms with Crippen molar-refractivity contribution in [3.63, 3.8) is 0 Å². The summed E-state index contributed by atoms with van der Waals surface area (Å²) in [6, 6.07) is 0. The van der Waals surface area contributed by atoms with Crippen LogP contribution >= 0.6 is 0 Å². The molecule has 0 aromatic carbocycles. The molecule has 0 spiro atoms. The molecule has 2 fully saturated rings. The van der Waals surface area contributed by atoms with Crippen molar-refractivity contribution in [1.29, 1.82) is 0 Å². The summed E-state index contributed by atoms with van der Waals surface area (Å²) >= 11 is 0. The lowest BCUT2D eigenvalue weighted by molar-refractivity contribution is 0.246. The van der Waals surface area contributed by atoms with Crippen LogP contribution in [0, 0.1) is 12.8 Å². The van der Waals surface area contributed by atoms with Gasteiger partial charge in [0, 0.05) is 38.7 Å². The maximum absolute atomic E-state index is 12.9. The smallest absolute Gasteiger partial charge is 0.262 e. The van der Waals surface area contributed by atoms with Gasteiger partial charge < -0.3 is 9.09 Å². The molecular formula is C16H23N5O3S. The highest BCUT2D eigenvalue weighted by Crippen LogP contribution is 2.38. The second-order valence-corrected chi connectivity index (χ2v) is 9.02. The van der Waals surface area contributed by atoms with Crippen molar-refractivity contribution in [2.45, 2.75) is 50.0 Å². The Morgan fingerprint density at radius 3 is 2.76 bits per heavy atom. The first-order valence-corrected chi connectivity index (χ1v) is 10.2. The Labute approximate surface area is 147 Å². The van der Waals surface area contributed by atoms with Gasteiger partial charge in [-0.3, -0.25) is 0 Å². The van der Waals surface area contributed by atoms with Crippen LogP contribution in [0.4, 0.5) is 0 Å². The average molecular weight is 365 g/mol. The number of imidazole rings is 1. The molecular weight excluding hydrogens is 342 g/mol. The van der Waals surface area contributed by atoms with E-state index >= 15 is 0 Å². The minimum atomic E-state index is -3.55. The van der Waals surface area contributed by atoms with Gasteiger partial charge in [0.1, 0.15) is 5.82 Å². The number of nitrogens with zero attached hydrogens (tertiary/aromatic N) is 5. The SMILES string of the molecule is Cc1nc(S(=O)(=O)N2CCC[C@@H](Cc3nc(C4CC4)no3)C2)cn1C. The van der Waals surface area contributed by atoms with Gasteiger partial charge in [-0.05, 0) is 38.5 Å². The van der Waals surface area contributed by atoms with Crippen molar-refractivity contribution >= 4 is 10.0 Å². The van der Waals surface area contributed by atoms with Gasteiger partial charge in [0.15, 0.2) is 10.9 Å². The molecule has 8 nitrogen and oxygen atoms in total. The standard InChI is InChI=1S/C16H23N5O3S/c1-11-17-15(10-20(11)2)25(22,23)21-7-3-4-12(9-21)8-14-18-16(19-24-14)13-5-6-13/h10,12-13H,3-9H2,1-2H3/t12-/m0/s1. The largest absolute Gasteiger partial charge is 0.339 e.